The Bertz CT molecular complexity index is 268. The van der Waals surface area contributed by atoms with Crippen molar-refractivity contribution in [3.8, 4) is 0 Å². The van der Waals surface area contributed by atoms with Crippen LogP contribution in [0, 0.1) is 0 Å². The third-order valence-corrected chi connectivity index (χ3v) is 1.30. The zero-order valence-corrected chi connectivity index (χ0v) is 8.49. The fraction of sp³-hybridized carbons (Fsp3) is 0.273. The Morgan fingerprint density at radius 2 is 1.85 bits per heavy atom. The Kier molecular flexibility index (Phi) is 6.42. The molecule has 0 amide bonds. The summed E-state index contributed by atoms with van der Waals surface area (Å²) in [6.45, 7) is 7.82. The first-order valence-corrected chi connectivity index (χ1v) is 4.37. The molecule has 0 atom stereocenters. The molecule has 0 heterocycles. The third-order valence-electron chi connectivity index (χ3n) is 1.30. The molecule has 2 nitrogen and oxygen atoms in total. The summed E-state index contributed by atoms with van der Waals surface area (Å²) in [5.74, 6) is 0. The number of allylic oxidation sites excluding steroid dienone is 5. The quantitative estimate of drug-likeness (QED) is 0.433. The van der Waals surface area contributed by atoms with Crippen molar-refractivity contribution < 1.29 is 0 Å². The number of hydrogen-bond acceptors (Lipinski definition) is 1. The zero-order valence-electron chi connectivity index (χ0n) is 8.49. The van der Waals surface area contributed by atoms with Crippen LogP contribution in [-0.2, 0) is 0 Å². The van der Waals surface area contributed by atoms with Crippen LogP contribution in [0.25, 0.3) is 0 Å². The maximum Gasteiger partial charge on any atom is 0.110 e. The van der Waals surface area contributed by atoms with Crippen LogP contribution in [0.3, 0.4) is 0 Å². The zero-order chi connectivity index (χ0) is 10.1. The molecule has 0 saturated heterocycles. The Balaban J connectivity index is 0.000000671. The highest BCUT2D eigenvalue weighted by molar-refractivity contribution is 6.13. The molecule has 0 aromatic rings. The summed E-state index contributed by atoms with van der Waals surface area (Å²) in [6.07, 6.45) is 9.21. The molecule has 0 aromatic heterocycles. The fourth-order valence-corrected chi connectivity index (χ4v) is 0.757. The molecule has 0 radical (unpaired) electrons. The van der Waals surface area contributed by atoms with Gasteiger partial charge >= 0.3 is 0 Å². The molecule has 0 aliphatic heterocycles. The van der Waals surface area contributed by atoms with Gasteiger partial charge in [0.15, 0.2) is 0 Å². The molecule has 0 spiro atoms. The maximum atomic E-state index is 4.07. The second-order valence-corrected chi connectivity index (χ2v) is 2.13. The minimum Gasteiger partial charge on any atom is -0.277 e. The summed E-state index contributed by atoms with van der Waals surface area (Å²) < 4.78 is 0. The van der Waals surface area contributed by atoms with E-state index < -0.39 is 0 Å². The molecule has 1 rings (SSSR count). The maximum absolute atomic E-state index is 4.07. The van der Waals surface area contributed by atoms with Crippen molar-refractivity contribution in [3.05, 3.63) is 36.5 Å². The van der Waals surface area contributed by atoms with Gasteiger partial charge in [0.1, 0.15) is 6.34 Å². The molecule has 0 unspecified atom stereocenters. The monoisotopic (exact) mass is 176 g/mol. The fourth-order valence-electron chi connectivity index (χ4n) is 0.757. The van der Waals surface area contributed by atoms with Gasteiger partial charge in [0.05, 0.1) is 5.71 Å². The first kappa shape index (κ1) is 11.6. The number of hydrogen-bond donors (Lipinski definition) is 0. The molecule has 13 heavy (non-hydrogen) atoms. The van der Waals surface area contributed by atoms with E-state index in [1.54, 1.807) is 7.05 Å². The largest absolute Gasteiger partial charge is 0.277 e. The second kappa shape index (κ2) is 7.22. The van der Waals surface area contributed by atoms with Gasteiger partial charge in [0, 0.05) is 7.05 Å². The van der Waals surface area contributed by atoms with Crippen LogP contribution in [-0.4, -0.2) is 19.1 Å². The van der Waals surface area contributed by atoms with Crippen molar-refractivity contribution in [3.63, 3.8) is 0 Å². The van der Waals surface area contributed by atoms with E-state index in [2.05, 4.69) is 16.6 Å². The van der Waals surface area contributed by atoms with E-state index >= 15 is 0 Å². The lowest BCUT2D eigenvalue weighted by atomic mass is 10.1. The summed E-state index contributed by atoms with van der Waals surface area (Å²) in [4.78, 5) is 7.82. The van der Waals surface area contributed by atoms with Crippen molar-refractivity contribution in [2.45, 2.75) is 13.8 Å². The minimum absolute atomic E-state index is 0.873. The van der Waals surface area contributed by atoms with Crippen LogP contribution in [0.1, 0.15) is 13.8 Å². The SMILES string of the molecule is C=C1C=CC=CC1=NC=NC.CC. The Morgan fingerprint density at radius 1 is 1.23 bits per heavy atom. The van der Waals surface area contributed by atoms with E-state index in [-0.39, 0.29) is 0 Å². The molecule has 0 saturated carbocycles. The Hall–Kier alpha value is -1.44. The van der Waals surface area contributed by atoms with Crippen LogP contribution in [0.2, 0.25) is 0 Å². The molecule has 1 aliphatic rings. The van der Waals surface area contributed by atoms with Crippen LogP contribution in [0.15, 0.2) is 46.4 Å². The highest BCUT2D eigenvalue weighted by Gasteiger charge is 1.97. The smallest absolute Gasteiger partial charge is 0.110 e. The number of nitrogens with zero attached hydrogens (tertiary/aromatic N) is 2. The van der Waals surface area contributed by atoms with Gasteiger partial charge in [0.2, 0.25) is 0 Å². The lowest BCUT2D eigenvalue weighted by Crippen LogP contribution is -1.98. The second-order valence-electron chi connectivity index (χ2n) is 2.13. The van der Waals surface area contributed by atoms with Crippen LogP contribution < -0.4 is 0 Å². The normalized spacial score (nSPS) is 17.8. The molecule has 70 valence electrons. The van der Waals surface area contributed by atoms with Crippen molar-refractivity contribution in [1.29, 1.82) is 0 Å². The van der Waals surface area contributed by atoms with Gasteiger partial charge in [-0.3, -0.25) is 4.99 Å². The molecular weight excluding hydrogens is 160 g/mol. The van der Waals surface area contributed by atoms with Gasteiger partial charge in [-0.15, -0.1) is 0 Å². The molecule has 0 bridgehead atoms. The van der Waals surface area contributed by atoms with Gasteiger partial charge in [0.25, 0.3) is 0 Å². The molecule has 0 fully saturated rings. The Labute approximate surface area is 80.1 Å². The predicted octanol–water partition coefficient (Wildman–Crippen LogP) is 2.79. The lowest BCUT2D eigenvalue weighted by Gasteiger charge is -2.01. The van der Waals surface area contributed by atoms with Gasteiger partial charge in [-0.05, 0) is 11.6 Å². The highest BCUT2D eigenvalue weighted by atomic mass is 14.8. The minimum atomic E-state index is 0.873. The van der Waals surface area contributed by atoms with Crippen LogP contribution in [0.5, 0.6) is 0 Å². The number of aliphatic imine (C=N–C) groups is 2. The number of rotatable bonds is 1. The summed E-state index contributed by atoms with van der Waals surface area (Å²) in [7, 11) is 1.69. The lowest BCUT2D eigenvalue weighted by molar-refractivity contribution is 1.44. The van der Waals surface area contributed by atoms with E-state index in [1.807, 2.05) is 38.2 Å². The average molecular weight is 176 g/mol. The van der Waals surface area contributed by atoms with Gasteiger partial charge in [-0.25, -0.2) is 4.99 Å². The summed E-state index contributed by atoms with van der Waals surface area (Å²) in [5.41, 5.74) is 1.80. The van der Waals surface area contributed by atoms with E-state index in [4.69, 9.17) is 0 Å². The molecule has 0 aromatic carbocycles. The van der Waals surface area contributed by atoms with Crippen molar-refractivity contribution >= 4 is 12.1 Å². The molecule has 1 aliphatic carbocycles. The molecule has 0 N–H and O–H groups in total. The standard InChI is InChI=1S/C9H10N2.C2H6/c1-8-5-3-4-6-9(8)11-7-10-2;1-2/h3-7H,1H2,2H3;1-2H3. The molecular formula is C11H16N2. The first-order chi connectivity index (χ1) is 6.34. The van der Waals surface area contributed by atoms with Gasteiger partial charge in [-0.2, -0.15) is 0 Å². The van der Waals surface area contributed by atoms with E-state index in [1.165, 1.54) is 6.34 Å². The third kappa shape index (κ3) is 4.21. The van der Waals surface area contributed by atoms with E-state index in [9.17, 15) is 0 Å². The first-order valence-electron chi connectivity index (χ1n) is 4.37. The summed E-state index contributed by atoms with van der Waals surface area (Å²) in [5, 5.41) is 0. The van der Waals surface area contributed by atoms with Crippen molar-refractivity contribution in [2.75, 3.05) is 7.05 Å². The summed E-state index contributed by atoms with van der Waals surface area (Å²) in [6, 6.07) is 0. The van der Waals surface area contributed by atoms with Gasteiger partial charge in [-0.1, -0.05) is 38.7 Å². The predicted molar refractivity (Wildman–Crippen MR) is 60.6 cm³/mol. The summed E-state index contributed by atoms with van der Waals surface area (Å²) >= 11 is 0. The average Bonchev–Trinajstić information content (AvgIpc) is 2.20. The van der Waals surface area contributed by atoms with E-state index in [0.717, 1.165) is 11.3 Å². The van der Waals surface area contributed by atoms with Crippen LogP contribution >= 0.6 is 0 Å². The van der Waals surface area contributed by atoms with Crippen molar-refractivity contribution in [1.82, 2.24) is 0 Å². The Morgan fingerprint density at radius 3 is 2.38 bits per heavy atom. The van der Waals surface area contributed by atoms with E-state index in [0.29, 0.717) is 0 Å². The van der Waals surface area contributed by atoms with Crippen molar-refractivity contribution in [2.24, 2.45) is 9.98 Å². The topological polar surface area (TPSA) is 24.7 Å². The van der Waals surface area contributed by atoms with Crippen LogP contribution in [0.4, 0.5) is 0 Å². The molecule has 2 heteroatoms. The highest BCUT2D eigenvalue weighted by Crippen LogP contribution is 2.04. The van der Waals surface area contributed by atoms with Gasteiger partial charge < -0.3 is 0 Å².